The Labute approximate surface area is 128 Å². The molecule has 4 nitrogen and oxygen atoms in total. The van der Waals surface area contributed by atoms with Gasteiger partial charge in [-0.2, -0.15) is 0 Å². The second kappa shape index (κ2) is 5.85. The fraction of sp³-hybridized carbons (Fsp3) is 0.312. The first-order chi connectivity index (χ1) is 10.2. The van der Waals surface area contributed by atoms with Gasteiger partial charge in [-0.25, -0.2) is 0 Å². The average molecular weight is 302 g/mol. The zero-order valence-electron chi connectivity index (χ0n) is 12.2. The summed E-state index contributed by atoms with van der Waals surface area (Å²) in [6.45, 7) is 2.77. The molecule has 0 spiro atoms. The van der Waals surface area contributed by atoms with Gasteiger partial charge in [0.2, 0.25) is 5.91 Å². The summed E-state index contributed by atoms with van der Waals surface area (Å²) in [5.41, 5.74) is 2.22. The molecule has 0 N–H and O–H groups in total. The van der Waals surface area contributed by atoms with Gasteiger partial charge in [-0.05, 0) is 25.1 Å². The van der Waals surface area contributed by atoms with Crippen molar-refractivity contribution >= 4 is 17.7 Å². The maximum Gasteiger partial charge on any atom is 0.233 e. The van der Waals surface area contributed by atoms with Crippen molar-refractivity contribution in [1.82, 2.24) is 9.47 Å². The molecule has 3 rings (SSSR count). The number of aromatic nitrogens is 1. The molecule has 1 saturated heterocycles. The van der Waals surface area contributed by atoms with E-state index in [2.05, 4.69) is 16.8 Å². The van der Waals surface area contributed by atoms with E-state index < -0.39 is 0 Å². The number of hydrogen-bond acceptors (Lipinski definition) is 3. The molecule has 1 aliphatic rings. The summed E-state index contributed by atoms with van der Waals surface area (Å²) in [7, 11) is 1.67. The van der Waals surface area contributed by atoms with Gasteiger partial charge < -0.3 is 14.2 Å². The van der Waals surface area contributed by atoms with Crippen molar-refractivity contribution in [3.63, 3.8) is 0 Å². The predicted molar refractivity (Wildman–Crippen MR) is 84.9 cm³/mol. The molecule has 0 saturated carbocycles. The second-order valence-electron chi connectivity index (χ2n) is 4.90. The van der Waals surface area contributed by atoms with E-state index in [0.29, 0.717) is 5.75 Å². The number of thioether (sulfide) groups is 1. The van der Waals surface area contributed by atoms with E-state index in [0.717, 1.165) is 23.5 Å². The minimum absolute atomic E-state index is 0.134. The summed E-state index contributed by atoms with van der Waals surface area (Å²) >= 11 is 1.69. The molecule has 1 amide bonds. The first-order valence-electron chi connectivity index (χ1n) is 6.96. The molecule has 1 aliphatic heterocycles. The van der Waals surface area contributed by atoms with Gasteiger partial charge in [-0.3, -0.25) is 4.79 Å². The van der Waals surface area contributed by atoms with Crippen LogP contribution in [0.15, 0.2) is 42.7 Å². The molecule has 2 heterocycles. The van der Waals surface area contributed by atoms with Crippen LogP contribution >= 0.6 is 11.8 Å². The molecular formula is C16H18N2O2S. The maximum absolute atomic E-state index is 11.8. The molecule has 0 unspecified atom stereocenters. The molecule has 1 aromatic carbocycles. The highest BCUT2D eigenvalue weighted by Crippen LogP contribution is 2.38. The predicted octanol–water partition coefficient (Wildman–Crippen LogP) is 3.08. The Bertz CT molecular complexity index is 653. The molecule has 0 bridgehead atoms. The van der Waals surface area contributed by atoms with Crippen LogP contribution in [0.1, 0.15) is 17.9 Å². The molecule has 5 heteroatoms. The van der Waals surface area contributed by atoms with Crippen LogP contribution < -0.4 is 4.74 Å². The van der Waals surface area contributed by atoms with Gasteiger partial charge in [-0.1, -0.05) is 6.07 Å². The quantitative estimate of drug-likeness (QED) is 0.870. The van der Waals surface area contributed by atoms with E-state index in [1.54, 1.807) is 18.9 Å². The summed E-state index contributed by atoms with van der Waals surface area (Å²) in [4.78, 5) is 13.8. The van der Waals surface area contributed by atoms with Crippen molar-refractivity contribution in [3.05, 3.63) is 48.3 Å². The van der Waals surface area contributed by atoms with Crippen molar-refractivity contribution < 1.29 is 9.53 Å². The van der Waals surface area contributed by atoms with Gasteiger partial charge in [0.25, 0.3) is 0 Å². The third-order valence-corrected chi connectivity index (χ3v) is 4.92. The second-order valence-corrected chi connectivity index (χ2v) is 5.97. The maximum atomic E-state index is 11.8. The largest absolute Gasteiger partial charge is 0.497 e. The Balaban J connectivity index is 1.88. The van der Waals surface area contributed by atoms with E-state index in [9.17, 15) is 4.79 Å². The van der Waals surface area contributed by atoms with Crippen molar-refractivity contribution in [3.8, 4) is 11.4 Å². The number of ether oxygens (including phenoxy) is 1. The summed E-state index contributed by atoms with van der Waals surface area (Å²) in [6.07, 6.45) is 4.12. The first kappa shape index (κ1) is 14.1. The molecule has 0 aliphatic carbocycles. The van der Waals surface area contributed by atoms with Crippen molar-refractivity contribution in [2.45, 2.75) is 12.3 Å². The summed E-state index contributed by atoms with van der Waals surface area (Å²) < 4.78 is 7.33. The molecule has 1 aromatic heterocycles. The lowest BCUT2D eigenvalue weighted by Crippen LogP contribution is -2.27. The number of rotatable bonds is 4. The van der Waals surface area contributed by atoms with E-state index in [1.165, 1.54) is 0 Å². The van der Waals surface area contributed by atoms with E-state index in [-0.39, 0.29) is 11.3 Å². The van der Waals surface area contributed by atoms with E-state index in [1.807, 2.05) is 42.3 Å². The Hall–Kier alpha value is -1.88. The fourth-order valence-corrected chi connectivity index (χ4v) is 3.81. The topological polar surface area (TPSA) is 34.5 Å². The number of carbonyl (C=O) groups is 1. The smallest absolute Gasteiger partial charge is 0.233 e. The monoisotopic (exact) mass is 302 g/mol. The van der Waals surface area contributed by atoms with Crippen LogP contribution in [0.5, 0.6) is 5.75 Å². The van der Waals surface area contributed by atoms with E-state index in [4.69, 9.17) is 4.74 Å². The Morgan fingerprint density at radius 2 is 2.24 bits per heavy atom. The van der Waals surface area contributed by atoms with Crippen LogP contribution in [-0.2, 0) is 4.79 Å². The highest BCUT2D eigenvalue weighted by molar-refractivity contribution is 8.00. The van der Waals surface area contributed by atoms with Crippen LogP contribution in [0.2, 0.25) is 0 Å². The van der Waals surface area contributed by atoms with E-state index >= 15 is 0 Å². The van der Waals surface area contributed by atoms with Crippen LogP contribution in [-0.4, -0.2) is 34.8 Å². The number of benzene rings is 1. The number of hydrogen-bond donors (Lipinski definition) is 0. The molecule has 2 aromatic rings. The minimum atomic E-state index is 0.134. The normalized spacial score (nSPS) is 18.3. The van der Waals surface area contributed by atoms with Gasteiger partial charge in [0, 0.05) is 36.3 Å². The van der Waals surface area contributed by atoms with Gasteiger partial charge in [0.05, 0.1) is 12.9 Å². The lowest BCUT2D eigenvalue weighted by Gasteiger charge is -2.21. The van der Waals surface area contributed by atoms with Crippen LogP contribution in [0.4, 0.5) is 0 Å². The van der Waals surface area contributed by atoms with Crippen LogP contribution in [0, 0.1) is 0 Å². The van der Waals surface area contributed by atoms with Crippen molar-refractivity contribution in [1.29, 1.82) is 0 Å². The SMILES string of the molecule is CCN1C(=O)CS[C@H]1c1ccn(-c2cccc(OC)c2)c1. The number of methoxy groups -OCH3 is 1. The third kappa shape index (κ3) is 2.65. The molecular weight excluding hydrogens is 284 g/mol. The Morgan fingerprint density at radius 1 is 1.38 bits per heavy atom. The van der Waals surface area contributed by atoms with Crippen molar-refractivity contribution in [2.24, 2.45) is 0 Å². The highest BCUT2D eigenvalue weighted by atomic mass is 32.2. The number of carbonyl (C=O) groups excluding carboxylic acids is 1. The Kier molecular flexibility index (Phi) is 3.92. The molecule has 110 valence electrons. The zero-order valence-corrected chi connectivity index (χ0v) is 13.0. The first-order valence-corrected chi connectivity index (χ1v) is 8.01. The summed E-state index contributed by atoms with van der Waals surface area (Å²) in [6, 6.07) is 10.0. The number of nitrogens with zero attached hydrogens (tertiary/aromatic N) is 2. The summed E-state index contributed by atoms with van der Waals surface area (Å²) in [5.74, 6) is 1.63. The van der Waals surface area contributed by atoms with Gasteiger partial charge in [0.15, 0.2) is 0 Å². The van der Waals surface area contributed by atoms with Gasteiger partial charge in [0.1, 0.15) is 11.1 Å². The van der Waals surface area contributed by atoms with Gasteiger partial charge >= 0.3 is 0 Å². The molecule has 1 atom stereocenters. The zero-order chi connectivity index (χ0) is 14.8. The Morgan fingerprint density at radius 3 is 3.00 bits per heavy atom. The highest BCUT2D eigenvalue weighted by Gasteiger charge is 2.31. The third-order valence-electron chi connectivity index (χ3n) is 3.66. The van der Waals surface area contributed by atoms with Gasteiger partial charge in [-0.15, -0.1) is 11.8 Å². The van der Waals surface area contributed by atoms with Crippen LogP contribution in [0.3, 0.4) is 0 Å². The molecule has 0 radical (unpaired) electrons. The summed E-state index contributed by atoms with van der Waals surface area (Å²) in [5, 5.41) is 0.134. The standard InChI is InChI=1S/C16H18N2O2S/c1-3-18-15(19)11-21-16(18)12-7-8-17(10-12)13-5-4-6-14(9-13)20-2/h4-10,16H,3,11H2,1-2H3/t16-/m0/s1. The minimum Gasteiger partial charge on any atom is -0.497 e. The molecule has 1 fully saturated rings. The molecule has 21 heavy (non-hydrogen) atoms. The number of amides is 1. The van der Waals surface area contributed by atoms with Crippen molar-refractivity contribution in [2.75, 3.05) is 19.4 Å². The fourth-order valence-electron chi connectivity index (χ4n) is 2.56. The lowest BCUT2D eigenvalue weighted by molar-refractivity contribution is -0.127. The lowest BCUT2D eigenvalue weighted by atomic mass is 10.3. The average Bonchev–Trinajstić information content (AvgIpc) is 3.13. The van der Waals surface area contributed by atoms with Crippen LogP contribution in [0.25, 0.3) is 5.69 Å².